The van der Waals surface area contributed by atoms with Crippen molar-refractivity contribution in [2.24, 2.45) is 17.4 Å². The number of nitrogens with two attached hydrogens (primary N) is 2. The van der Waals surface area contributed by atoms with Gasteiger partial charge in [-0.1, -0.05) is 32.4 Å². The van der Waals surface area contributed by atoms with Gasteiger partial charge in [-0.05, 0) is 36.5 Å². The molecule has 1 aromatic rings. The van der Waals surface area contributed by atoms with Crippen LogP contribution in [0.2, 0.25) is 0 Å². The highest BCUT2D eigenvalue weighted by atomic mass is 32.1. The Balaban J connectivity index is 2.89. The quantitative estimate of drug-likeness (QED) is 0.133. The Morgan fingerprint density at radius 2 is 1.53 bits per heavy atom. The molecule has 9 N–H and O–H groups in total. The molecule has 0 radical (unpaired) electrons. The van der Waals surface area contributed by atoms with E-state index in [4.69, 9.17) is 11.5 Å². The van der Waals surface area contributed by atoms with Gasteiger partial charge in [-0.25, -0.2) is 4.79 Å². The molecule has 0 fully saturated rings. The number of aromatic hydroxyl groups is 1. The van der Waals surface area contributed by atoms with Crippen molar-refractivity contribution >= 4 is 42.2 Å². The monoisotopic (exact) mass is 525 g/mol. The maximum Gasteiger partial charge on any atom is 0.326 e. The molecule has 0 aliphatic carbocycles. The third-order valence-electron chi connectivity index (χ3n) is 5.63. The fourth-order valence-corrected chi connectivity index (χ4v) is 3.47. The third kappa shape index (κ3) is 10.1. The van der Waals surface area contributed by atoms with E-state index in [2.05, 4.69) is 28.6 Å². The Kier molecular flexibility index (Phi) is 12.7. The number of primary amides is 1. The molecule has 0 saturated heterocycles. The number of phenols is 1. The number of nitrogens with one attached hydrogen (secondary N) is 3. The van der Waals surface area contributed by atoms with Crippen LogP contribution < -0.4 is 27.4 Å². The molecule has 12 nitrogen and oxygen atoms in total. The van der Waals surface area contributed by atoms with E-state index in [1.54, 1.807) is 26.0 Å². The second kappa shape index (κ2) is 14.9. The fourth-order valence-electron chi connectivity index (χ4n) is 3.22. The molecule has 200 valence electrons. The van der Waals surface area contributed by atoms with Crippen molar-refractivity contribution in [2.45, 2.75) is 63.7 Å². The van der Waals surface area contributed by atoms with E-state index in [-0.39, 0.29) is 30.8 Å². The molecule has 13 heteroatoms. The minimum absolute atomic E-state index is 0.0670. The van der Waals surface area contributed by atoms with Crippen molar-refractivity contribution in [2.75, 3.05) is 5.75 Å². The summed E-state index contributed by atoms with van der Waals surface area (Å²) < 4.78 is 0. The van der Waals surface area contributed by atoms with Crippen LogP contribution in [-0.4, -0.2) is 69.7 Å². The molecule has 36 heavy (non-hydrogen) atoms. The predicted molar refractivity (Wildman–Crippen MR) is 135 cm³/mol. The molecular formula is C23H35N5O7S. The SMILES string of the molecule is CCC(C)C(NC(=O)C(CCC(N)=O)NC(=O)C(CS)NC(=O)C(N)Cc1ccc(O)cc1)C(=O)O. The van der Waals surface area contributed by atoms with Crippen molar-refractivity contribution in [3.8, 4) is 5.75 Å². The zero-order valence-electron chi connectivity index (χ0n) is 20.3. The number of carbonyl (C=O) groups excluding carboxylic acids is 4. The number of rotatable bonds is 15. The topological polar surface area (TPSA) is 214 Å². The summed E-state index contributed by atoms with van der Waals surface area (Å²) in [6, 6.07) is 1.48. The number of benzene rings is 1. The lowest BCUT2D eigenvalue weighted by molar-refractivity contribution is -0.144. The molecule has 5 atom stereocenters. The normalized spacial score (nSPS) is 15.0. The number of phenolic OH excluding ortho intramolecular Hbond substituents is 1. The van der Waals surface area contributed by atoms with Crippen LogP contribution >= 0.6 is 12.6 Å². The van der Waals surface area contributed by atoms with Crippen LogP contribution in [-0.2, 0) is 30.4 Å². The molecule has 0 aromatic heterocycles. The summed E-state index contributed by atoms with van der Waals surface area (Å²) in [6.45, 7) is 3.43. The summed E-state index contributed by atoms with van der Waals surface area (Å²) in [7, 11) is 0. The Hall–Kier alpha value is -3.32. The first kappa shape index (κ1) is 30.7. The summed E-state index contributed by atoms with van der Waals surface area (Å²) in [4.78, 5) is 61.0. The highest BCUT2D eigenvalue weighted by molar-refractivity contribution is 7.80. The van der Waals surface area contributed by atoms with E-state index in [1.165, 1.54) is 12.1 Å². The predicted octanol–water partition coefficient (Wildman–Crippen LogP) is -0.958. The van der Waals surface area contributed by atoms with E-state index in [0.717, 1.165) is 0 Å². The number of aliphatic carboxylic acids is 1. The number of carboxylic acid groups (broad SMARTS) is 1. The number of hydrogen-bond acceptors (Lipinski definition) is 8. The van der Waals surface area contributed by atoms with Gasteiger partial charge in [0, 0.05) is 12.2 Å². The van der Waals surface area contributed by atoms with Crippen molar-refractivity contribution in [3.63, 3.8) is 0 Å². The maximum atomic E-state index is 12.8. The standard InChI is InChI=1S/C23H35N5O7S/c1-3-12(2)19(23(34)35)28-21(32)16(8-9-18(25)30)26-22(33)17(11-36)27-20(31)15(24)10-13-4-6-14(29)7-5-13/h4-7,12,15-17,19,29,36H,3,8-11,24H2,1-2H3,(H2,25,30)(H,26,33)(H,27,31)(H,28,32)(H,34,35). The Labute approximate surface area is 215 Å². The van der Waals surface area contributed by atoms with Crippen molar-refractivity contribution < 1.29 is 34.2 Å². The van der Waals surface area contributed by atoms with Gasteiger partial charge in [-0.15, -0.1) is 0 Å². The summed E-state index contributed by atoms with van der Waals surface area (Å²) in [6.07, 6.45) is 0.207. The van der Waals surface area contributed by atoms with Crippen molar-refractivity contribution in [1.82, 2.24) is 16.0 Å². The molecule has 1 aromatic carbocycles. The number of thiol groups is 1. The van der Waals surface area contributed by atoms with Crippen molar-refractivity contribution in [3.05, 3.63) is 29.8 Å². The molecule has 0 aliphatic rings. The number of carboxylic acids is 1. The molecule has 0 heterocycles. The van der Waals surface area contributed by atoms with Gasteiger partial charge < -0.3 is 37.6 Å². The van der Waals surface area contributed by atoms with Crippen LogP contribution in [0.25, 0.3) is 0 Å². The van der Waals surface area contributed by atoms with Crippen LogP contribution in [0, 0.1) is 5.92 Å². The summed E-state index contributed by atoms with van der Waals surface area (Å²) in [5.41, 5.74) is 11.8. The van der Waals surface area contributed by atoms with E-state index < -0.39 is 59.7 Å². The smallest absolute Gasteiger partial charge is 0.326 e. The fraction of sp³-hybridized carbons (Fsp3) is 0.522. The molecule has 0 bridgehead atoms. The first-order valence-corrected chi connectivity index (χ1v) is 12.1. The minimum Gasteiger partial charge on any atom is -0.508 e. The van der Waals surface area contributed by atoms with Crippen LogP contribution in [0.3, 0.4) is 0 Å². The summed E-state index contributed by atoms with van der Waals surface area (Å²) in [5, 5.41) is 26.1. The summed E-state index contributed by atoms with van der Waals surface area (Å²) in [5.74, 6) is -4.60. The van der Waals surface area contributed by atoms with E-state index >= 15 is 0 Å². The Bertz CT molecular complexity index is 928. The Morgan fingerprint density at radius 3 is 2.03 bits per heavy atom. The molecule has 1 rings (SSSR count). The highest BCUT2D eigenvalue weighted by Crippen LogP contribution is 2.12. The Morgan fingerprint density at radius 1 is 0.972 bits per heavy atom. The molecular weight excluding hydrogens is 490 g/mol. The molecule has 0 saturated carbocycles. The first-order chi connectivity index (χ1) is 16.9. The number of carbonyl (C=O) groups is 5. The second-order valence-corrected chi connectivity index (χ2v) is 8.86. The lowest BCUT2D eigenvalue weighted by Crippen LogP contribution is -2.58. The molecule has 0 aliphatic heterocycles. The van der Waals surface area contributed by atoms with Gasteiger partial charge in [-0.3, -0.25) is 19.2 Å². The lowest BCUT2D eigenvalue weighted by atomic mass is 9.98. The van der Waals surface area contributed by atoms with Crippen molar-refractivity contribution in [1.29, 1.82) is 0 Å². The highest BCUT2D eigenvalue weighted by Gasteiger charge is 2.31. The largest absolute Gasteiger partial charge is 0.508 e. The first-order valence-electron chi connectivity index (χ1n) is 11.5. The van der Waals surface area contributed by atoms with Gasteiger partial charge in [0.1, 0.15) is 23.9 Å². The van der Waals surface area contributed by atoms with Gasteiger partial charge in [0.25, 0.3) is 0 Å². The van der Waals surface area contributed by atoms with Crippen LogP contribution in [0.4, 0.5) is 0 Å². The summed E-state index contributed by atoms with van der Waals surface area (Å²) >= 11 is 4.09. The van der Waals surface area contributed by atoms with E-state index in [0.29, 0.717) is 12.0 Å². The van der Waals surface area contributed by atoms with E-state index in [9.17, 15) is 34.2 Å². The number of amides is 4. The molecule has 0 spiro atoms. The van der Waals surface area contributed by atoms with E-state index in [1.807, 2.05) is 0 Å². The number of hydrogen-bond donors (Lipinski definition) is 8. The molecule has 4 amide bonds. The van der Waals surface area contributed by atoms with Crippen LogP contribution in [0.1, 0.15) is 38.7 Å². The average molecular weight is 526 g/mol. The van der Waals surface area contributed by atoms with Crippen LogP contribution in [0.15, 0.2) is 24.3 Å². The lowest BCUT2D eigenvalue weighted by Gasteiger charge is -2.26. The van der Waals surface area contributed by atoms with Gasteiger partial charge in [0.15, 0.2) is 0 Å². The third-order valence-corrected chi connectivity index (χ3v) is 6.00. The van der Waals surface area contributed by atoms with Gasteiger partial charge in [0.2, 0.25) is 23.6 Å². The van der Waals surface area contributed by atoms with Crippen LogP contribution in [0.5, 0.6) is 5.75 Å². The minimum atomic E-state index is -1.28. The zero-order valence-corrected chi connectivity index (χ0v) is 21.2. The second-order valence-electron chi connectivity index (χ2n) is 8.50. The average Bonchev–Trinajstić information content (AvgIpc) is 2.83. The van der Waals surface area contributed by atoms with Gasteiger partial charge in [0.05, 0.1) is 6.04 Å². The zero-order chi connectivity index (χ0) is 27.4. The maximum absolute atomic E-state index is 12.8. The molecule has 5 unspecified atom stereocenters. The van der Waals surface area contributed by atoms with Gasteiger partial charge in [-0.2, -0.15) is 12.6 Å². The van der Waals surface area contributed by atoms with Gasteiger partial charge >= 0.3 is 5.97 Å².